The number of aliphatic imine (C=N–C) groups is 1. The van der Waals surface area contributed by atoms with Crippen molar-refractivity contribution in [3.63, 3.8) is 0 Å². The van der Waals surface area contributed by atoms with Gasteiger partial charge in [0.1, 0.15) is 17.6 Å². The van der Waals surface area contributed by atoms with Gasteiger partial charge < -0.3 is 37.2 Å². The average Bonchev–Trinajstić information content (AvgIpc) is 3.18. The molecular weight excluding hydrogens is 754 g/mol. The number of phenols is 1. The number of hydrogen-bond acceptors (Lipinski definition) is 7. The lowest BCUT2D eigenvalue weighted by Crippen LogP contribution is -2.48. The summed E-state index contributed by atoms with van der Waals surface area (Å²) in [5.41, 5.74) is 8.48. The molecule has 0 saturated carbocycles. The van der Waals surface area contributed by atoms with Crippen LogP contribution >= 0.6 is 0 Å². The number of aromatic hydroxyl groups is 1. The summed E-state index contributed by atoms with van der Waals surface area (Å²) >= 11 is 0. The van der Waals surface area contributed by atoms with Crippen LogP contribution < -0.4 is 32.3 Å². The molecule has 0 spiro atoms. The lowest BCUT2D eigenvalue weighted by molar-refractivity contribution is -0.192. The summed E-state index contributed by atoms with van der Waals surface area (Å²) in [5.74, 6) is -5.05. The SMILES string of the molecule is NC(=NCCC[C@@H](NC(=O)C(c1ccccc1)c1ccccc1)C(=O)NCc1ccc(O)cc1)NC(=O)NCCNC(=O)c1ccc(F)cc1.O=C(O)C(F)(F)F. The highest BCUT2D eigenvalue weighted by Gasteiger charge is 2.38. The Morgan fingerprint density at radius 1 is 0.737 bits per heavy atom. The van der Waals surface area contributed by atoms with Gasteiger partial charge in [-0.05, 0) is 65.9 Å². The molecule has 0 aromatic heterocycles. The second-order valence-corrected chi connectivity index (χ2v) is 12.1. The second-order valence-electron chi connectivity index (χ2n) is 12.1. The van der Waals surface area contributed by atoms with Gasteiger partial charge in [-0.3, -0.25) is 24.7 Å². The molecule has 14 nitrogen and oxygen atoms in total. The molecule has 4 rings (SSSR count). The maximum atomic E-state index is 13.8. The molecule has 0 aliphatic carbocycles. The highest BCUT2D eigenvalue weighted by Crippen LogP contribution is 2.25. The maximum Gasteiger partial charge on any atom is 0.490 e. The second kappa shape index (κ2) is 22.4. The van der Waals surface area contributed by atoms with E-state index in [0.717, 1.165) is 16.7 Å². The van der Waals surface area contributed by atoms with Gasteiger partial charge in [-0.1, -0.05) is 72.8 Å². The van der Waals surface area contributed by atoms with Gasteiger partial charge in [0.25, 0.3) is 5.91 Å². The van der Waals surface area contributed by atoms with Crippen LogP contribution in [0.4, 0.5) is 22.4 Å². The molecule has 0 heterocycles. The number of carbonyl (C=O) groups is 5. The van der Waals surface area contributed by atoms with Crippen LogP contribution in [0.2, 0.25) is 0 Å². The van der Waals surface area contributed by atoms with Crippen LogP contribution in [0.1, 0.15) is 45.8 Å². The summed E-state index contributed by atoms with van der Waals surface area (Å²) in [6, 6.07) is 28.6. The minimum Gasteiger partial charge on any atom is -0.508 e. The molecule has 18 heteroatoms. The van der Waals surface area contributed by atoms with Crippen molar-refractivity contribution in [3.05, 3.63) is 137 Å². The molecule has 0 radical (unpaired) electrons. The number of benzene rings is 4. The van der Waals surface area contributed by atoms with Crippen molar-refractivity contribution < 1.29 is 51.7 Å². The molecule has 0 saturated heterocycles. The largest absolute Gasteiger partial charge is 0.508 e. The number of phenolic OH excluding ortho intramolecular Hbond substituents is 1. The highest BCUT2D eigenvalue weighted by molar-refractivity contribution is 5.96. The van der Waals surface area contributed by atoms with Crippen molar-refractivity contribution >= 4 is 35.7 Å². The van der Waals surface area contributed by atoms with E-state index in [1.54, 1.807) is 12.1 Å². The lowest BCUT2D eigenvalue weighted by atomic mass is 9.90. The number of carboxylic acids is 1. The maximum absolute atomic E-state index is 13.8. The van der Waals surface area contributed by atoms with E-state index in [1.165, 1.54) is 36.4 Å². The normalized spacial score (nSPS) is 11.6. The monoisotopic (exact) mass is 795 g/mol. The summed E-state index contributed by atoms with van der Waals surface area (Å²) in [4.78, 5) is 64.6. The minimum atomic E-state index is -5.08. The van der Waals surface area contributed by atoms with Gasteiger partial charge in [0.2, 0.25) is 11.8 Å². The molecule has 4 aromatic carbocycles. The Labute approximate surface area is 324 Å². The van der Waals surface area contributed by atoms with Gasteiger partial charge >= 0.3 is 18.2 Å². The van der Waals surface area contributed by atoms with Crippen LogP contribution in [0.3, 0.4) is 0 Å². The molecule has 0 unspecified atom stereocenters. The molecular formula is C39H41F4N7O7. The molecule has 57 heavy (non-hydrogen) atoms. The number of nitrogens with zero attached hydrogens (tertiary/aromatic N) is 1. The summed E-state index contributed by atoms with van der Waals surface area (Å²) in [6.07, 6.45) is -4.52. The Bertz CT molecular complexity index is 1910. The van der Waals surface area contributed by atoms with E-state index in [0.29, 0.717) is 6.42 Å². The number of hydrogen-bond donors (Lipinski definition) is 8. The van der Waals surface area contributed by atoms with Crippen LogP contribution in [0.15, 0.2) is 114 Å². The molecule has 302 valence electrons. The minimum absolute atomic E-state index is 0.0969. The van der Waals surface area contributed by atoms with Crippen molar-refractivity contribution in [1.82, 2.24) is 26.6 Å². The number of aliphatic carboxylic acids is 1. The van der Waals surface area contributed by atoms with Gasteiger partial charge in [0, 0.05) is 31.7 Å². The number of carboxylic acid groups (broad SMARTS) is 1. The third-order valence-corrected chi connectivity index (χ3v) is 7.78. The third-order valence-electron chi connectivity index (χ3n) is 7.78. The van der Waals surface area contributed by atoms with E-state index >= 15 is 0 Å². The fourth-order valence-corrected chi connectivity index (χ4v) is 4.99. The van der Waals surface area contributed by atoms with E-state index in [9.17, 15) is 41.8 Å². The van der Waals surface area contributed by atoms with E-state index < -0.39 is 47.8 Å². The van der Waals surface area contributed by atoms with Gasteiger partial charge in [-0.15, -0.1) is 0 Å². The standard InChI is InChI=1S/C37H40FN7O5.C2HF3O2/c38-29-17-15-28(16-18-29)33(47)40-22-23-42-37(50)45-36(39)41-21-7-12-31(34(48)43-24-25-13-19-30(46)20-14-25)44-35(49)32(26-8-3-1-4-9-26)27-10-5-2-6-11-27;3-2(4,5)1(6)7/h1-6,8-11,13-20,31-32,46H,7,12,21-24H2,(H,40,47)(H,43,48)(H,44,49)(H4,39,41,42,45,50);(H,6,7)/t31-;/m1./s1. The number of halogens is 4. The van der Waals surface area contributed by atoms with Crippen LogP contribution in [-0.2, 0) is 20.9 Å². The topological polar surface area (TPSA) is 224 Å². The summed E-state index contributed by atoms with van der Waals surface area (Å²) in [7, 11) is 0. The first kappa shape index (κ1) is 44.4. The first-order chi connectivity index (χ1) is 27.1. The number of carbonyl (C=O) groups excluding carboxylic acids is 4. The summed E-state index contributed by atoms with van der Waals surface area (Å²) in [5, 5.41) is 30.0. The molecule has 4 aromatic rings. The van der Waals surface area contributed by atoms with Gasteiger partial charge in [0.15, 0.2) is 5.96 Å². The van der Waals surface area contributed by atoms with Crippen molar-refractivity contribution in [1.29, 1.82) is 0 Å². The van der Waals surface area contributed by atoms with Gasteiger partial charge in [-0.2, -0.15) is 13.2 Å². The van der Waals surface area contributed by atoms with Gasteiger partial charge in [-0.25, -0.2) is 14.0 Å². The van der Waals surface area contributed by atoms with Crippen molar-refractivity contribution in [3.8, 4) is 5.75 Å². The molecule has 0 fully saturated rings. The van der Waals surface area contributed by atoms with E-state index in [4.69, 9.17) is 15.6 Å². The first-order valence-corrected chi connectivity index (χ1v) is 17.3. The molecule has 5 amide bonds. The Morgan fingerprint density at radius 2 is 1.28 bits per heavy atom. The summed E-state index contributed by atoms with van der Waals surface area (Å²) < 4.78 is 44.8. The Kier molecular flexibility index (Phi) is 17.5. The Hall–Kier alpha value is -6.98. The predicted molar refractivity (Wildman–Crippen MR) is 201 cm³/mol. The fraction of sp³-hybridized carbons (Fsp3) is 0.231. The fourth-order valence-electron chi connectivity index (χ4n) is 4.99. The number of nitrogens with two attached hydrogens (primary N) is 1. The first-order valence-electron chi connectivity index (χ1n) is 17.3. The van der Waals surface area contributed by atoms with Crippen molar-refractivity contribution in [2.75, 3.05) is 19.6 Å². The highest BCUT2D eigenvalue weighted by atomic mass is 19.4. The number of amides is 5. The summed E-state index contributed by atoms with van der Waals surface area (Å²) in [6.45, 7) is 0.558. The smallest absolute Gasteiger partial charge is 0.490 e. The molecule has 1 atom stereocenters. The van der Waals surface area contributed by atoms with E-state index in [-0.39, 0.29) is 55.8 Å². The van der Waals surface area contributed by atoms with Gasteiger partial charge in [0.05, 0.1) is 5.92 Å². The number of alkyl halides is 3. The molecule has 9 N–H and O–H groups in total. The quantitative estimate of drug-likeness (QED) is 0.0380. The lowest BCUT2D eigenvalue weighted by Gasteiger charge is -2.23. The Morgan fingerprint density at radius 3 is 1.82 bits per heavy atom. The zero-order chi connectivity index (χ0) is 41.8. The van der Waals surface area contributed by atoms with Crippen LogP contribution in [0, 0.1) is 5.82 Å². The average molecular weight is 796 g/mol. The Balaban J connectivity index is 0.00000113. The zero-order valence-electron chi connectivity index (χ0n) is 30.3. The van der Waals surface area contributed by atoms with Crippen molar-refractivity contribution in [2.45, 2.75) is 37.5 Å². The van der Waals surface area contributed by atoms with Crippen molar-refractivity contribution in [2.24, 2.45) is 10.7 Å². The molecule has 0 bridgehead atoms. The van der Waals surface area contributed by atoms with Crippen LogP contribution in [0.25, 0.3) is 0 Å². The number of urea groups is 1. The number of guanidine groups is 1. The predicted octanol–water partition coefficient (Wildman–Crippen LogP) is 3.92. The molecule has 0 aliphatic heterocycles. The third kappa shape index (κ3) is 16.1. The van der Waals surface area contributed by atoms with Crippen LogP contribution in [0.5, 0.6) is 5.75 Å². The number of rotatable bonds is 15. The van der Waals surface area contributed by atoms with Crippen LogP contribution in [-0.4, -0.2) is 77.7 Å². The molecule has 0 aliphatic rings. The van der Waals surface area contributed by atoms with E-state index in [1.807, 2.05) is 60.7 Å². The number of nitrogens with one attached hydrogen (secondary N) is 5. The van der Waals surface area contributed by atoms with E-state index in [2.05, 4.69) is 31.6 Å². The zero-order valence-corrected chi connectivity index (χ0v) is 30.3.